The lowest BCUT2D eigenvalue weighted by atomic mass is 10.0. The average molecular weight is 239 g/mol. The summed E-state index contributed by atoms with van der Waals surface area (Å²) in [6.45, 7) is 3.06. The van der Waals surface area contributed by atoms with Gasteiger partial charge in [0.05, 0.1) is 23.6 Å². The van der Waals surface area contributed by atoms with Gasteiger partial charge in [-0.1, -0.05) is 0 Å². The van der Waals surface area contributed by atoms with Gasteiger partial charge in [-0.15, -0.1) is 0 Å². The lowest BCUT2D eigenvalue weighted by Gasteiger charge is -2.39. The fourth-order valence-electron chi connectivity index (χ4n) is 2.36. The fourth-order valence-corrected chi connectivity index (χ4v) is 2.36. The predicted octanol–water partition coefficient (Wildman–Crippen LogP) is 0.0151. The van der Waals surface area contributed by atoms with Crippen molar-refractivity contribution in [2.75, 3.05) is 18.8 Å². The summed E-state index contributed by atoms with van der Waals surface area (Å²) in [4.78, 5) is 12.7. The Balaban J connectivity index is 2.41. The first kappa shape index (κ1) is 11.7. The molecule has 1 aliphatic rings. The van der Waals surface area contributed by atoms with Crippen molar-refractivity contribution >= 4 is 11.8 Å². The van der Waals surface area contributed by atoms with E-state index in [9.17, 15) is 9.90 Å². The smallest absolute Gasteiger partial charge is 0.407 e. The van der Waals surface area contributed by atoms with E-state index in [0.29, 0.717) is 18.8 Å². The third-order valence-corrected chi connectivity index (χ3v) is 3.17. The Hall–Kier alpha value is -1.76. The molecule has 2 atom stereocenters. The van der Waals surface area contributed by atoms with Crippen molar-refractivity contribution in [2.45, 2.75) is 19.0 Å². The molecule has 7 nitrogen and oxygen atoms in total. The maximum absolute atomic E-state index is 11.3. The molecule has 2 unspecified atom stereocenters. The molecule has 94 valence electrons. The first-order chi connectivity index (χ1) is 8.02. The van der Waals surface area contributed by atoms with Crippen LogP contribution < -0.4 is 11.1 Å². The van der Waals surface area contributed by atoms with Crippen molar-refractivity contribution in [3.8, 4) is 0 Å². The van der Waals surface area contributed by atoms with Crippen molar-refractivity contribution in [3.63, 3.8) is 0 Å². The molecule has 2 heterocycles. The van der Waals surface area contributed by atoms with Crippen LogP contribution in [-0.2, 0) is 7.05 Å². The summed E-state index contributed by atoms with van der Waals surface area (Å²) in [5, 5.41) is 16.6. The molecule has 0 aliphatic carbocycles. The molecule has 7 heteroatoms. The lowest BCUT2D eigenvalue weighted by molar-refractivity contribution is 0.0937. The molecule has 2 rings (SSSR count). The molecular weight excluding hydrogens is 222 g/mol. The molecule has 1 aliphatic heterocycles. The zero-order valence-corrected chi connectivity index (χ0v) is 9.92. The van der Waals surface area contributed by atoms with E-state index in [1.165, 1.54) is 4.90 Å². The fraction of sp³-hybridized carbons (Fsp3) is 0.600. The van der Waals surface area contributed by atoms with E-state index in [1.807, 2.05) is 6.92 Å². The maximum Gasteiger partial charge on any atom is 0.407 e. The largest absolute Gasteiger partial charge is 0.465 e. The Bertz CT molecular complexity index is 411. The minimum atomic E-state index is -0.927. The standard InChI is InChI=1S/C10H17N5O2/c1-6-8(9-7(11)5-13-14(9)2)15(10(16)17)4-3-12-6/h5-6,8,12H,3-4,11H2,1-2H3,(H,16,17). The van der Waals surface area contributed by atoms with Gasteiger partial charge in [0.2, 0.25) is 0 Å². The maximum atomic E-state index is 11.3. The van der Waals surface area contributed by atoms with Crippen molar-refractivity contribution in [3.05, 3.63) is 11.9 Å². The molecule has 0 spiro atoms. The zero-order valence-electron chi connectivity index (χ0n) is 9.92. The molecule has 0 saturated carbocycles. The highest BCUT2D eigenvalue weighted by Crippen LogP contribution is 2.30. The first-order valence-electron chi connectivity index (χ1n) is 5.52. The topological polar surface area (TPSA) is 96.4 Å². The van der Waals surface area contributed by atoms with Crippen LogP contribution in [0.25, 0.3) is 0 Å². The highest BCUT2D eigenvalue weighted by Gasteiger charge is 2.35. The van der Waals surface area contributed by atoms with Gasteiger partial charge >= 0.3 is 6.09 Å². The van der Waals surface area contributed by atoms with Crippen molar-refractivity contribution in [2.24, 2.45) is 7.05 Å². The van der Waals surface area contributed by atoms with E-state index in [0.717, 1.165) is 5.69 Å². The van der Waals surface area contributed by atoms with Crippen LogP contribution in [0.1, 0.15) is 18.7 Å². The molecule has 0 bridgehead atoms. The Morgan fingerprint density at radius 2 is 2.41 bits per heavy atom. The molecule has 1 saturated heterocycles. The van der Waals surface area contributed by atoms with Gasteiger partial charge in [0, 0.05) is 26.2 Å². The second-order valence-electron chi connectivity index (χ2n) is 4.27. The number of aryl methyl sites for hydroxylation is 1. The number of anilines is 1. The summed E-state index contributed by atoms with van der Waals surface area (Å²) in [7, 11) is 1.77. The molecule has 1 aromatic heterocycles. The molecule has 1 amide bonds. The quantitative estimate of drug-likeness (QED) is 0.641. The summed E-state index contributed by atoms with van der Waals surface area (Å²) in [5.74, 6) is 0. The van der Waals surface area contributed by atoms with Crippen LogP contribution in [0.15, 0.2) is 6.20 Å². The second-order valence-corrected chi connectivity index (χ2v) is 4.27. The van der Waals surface area contributed by atoms with Gasteiger partial charge in [-0.05, 0) is 6.92 Å². The third kappa shape index (κ3) is 1.93. The van der Waals surface area contributed by atoms with Gasteiger partial charge in [-0.25, -0.2) is 4.79 Å². The number of hydrogen-bond acceptors (Lipinski definition) is 4. The van der Waals surface area contributed by atoms with E-state index in [4.69, 9.17) is 5.73 Å². The van der Waals surface area contributed by atoms with Gasteiger partial charge < -0.3 is 16.2 Å². The normalized spacial score (nSPS) is 24.9. The lowest BCUT2D eigenvalue weighted by Crippen LogP contribution is -2.53. The molecule has 4 N–H and O–H groups in total. The first-order valence-corrected chi connectivity index (χ1v) is 5.52. The Kier molecular flexibility index (Phi) is 2.93. The highest BCUT2D eigenvalue weighted by atomic mass is 16.4. The second kappa shape index (κ2) is 4.25. The SMILES string of the molecule is CC1NCCN(C(=O)O)C1c1c(N)cnn1C. The number of rotatable bonds is 1. The Morgan fingerprint density at radius 3 is 2.94 bits per heavy atom. The van der Waals surface area contributed by atoms with Crippen molar-refractivity contribution in [1.82, 2.24) is 20.0 Å². The summed E-state index contributed by atoms with van der Waals surface area (Å²) in [6, 6.07) is -0.286. The van der Waals surface area contributed by atoms with Gasteiger partial charge in [-0.3, -0.25) is 9.58 Å². The van der Waals surface area contributed by atoms with E-state index in [2.05, 4.69) is 10.4 Å². The van der Waals surface area contributed by atoms with Gasteiger partial charge in [0.1, 0.15) is 0 Å². The average Bonchev–Trinajstić information content (AvgIpc) is 2.59. The van der Waals surface area contributed by atoms with Crippen LogP contribution >= 0.6 is 0 Å². The predicted molar refractivity (Wildman–Crippen MR) is 62.6 cm³/mol. The van der Waals surface area contributed by atoms with E-state index < -0.39 is 6.09 Å². The number of piperazine rings is 1. The van der Waals surface area contributed by atoms with Crippen LogP contribution in [-0.4, -0.2) is 45.0 Å². The van der Waals surface area contributed by atoms with Crippen LogP contribution in [0.2, 0.25) is 0 Å². The van der Waals surface area contributed by atoms with E-state index >= 15 is 0 Å². The molecule has 1 aromatic rings. The number of nitrogens with two attached hydrogens (primary N) is 1. The number of nitrogens with one attached hydrogen (secondary N) is 1. The molecule has 1 fully saturated rings. The van der Waals surface area contributed by atoms with Crippen LogP contribution in [0.5, 0.6) is 0 Å². The van der Waals surface area contributed by atoms with Gasteiger partial charge in [0.25, 0.3) is 0 Å². The molecule has 17 heavy (non-hydrogen) atoms. The van der Waals surface area contributed by atoms with Gasteiger partial charge in [0.15, 0.2) is 0 Å². The minimum Gasteiger partial charge on any atom is -0.465 e. The van der Waals surface area contributed by atoms with E-state index in [-0.39, 0.29) is 12.1 Å². The molecule has 0 aromatic carbocycles. The summed E-state index contributed by atoms with van der Waals surface area (Å²) < 4.78 is 1.64. The number of hydrogen-bond donors (Lipinski definition) is 3. The van der Waals surface area contributed by atoms with Crippen molar-refractivity contribution < 1.29 is 9.90 Å². The number of amides is 1. The third-order valence-electron chi connectivity index (χ3n) is 3.17. The summed E-state index contributed by atoms with van der Waals surface area (Å²) >= 11 is 0. The number of aromatic nitrogens is 2. The number of carbonyl (C=O) groups is 1. The minimum absolute atomic E-state index is 0.0116. The van der Waals surface area contributed by atoms with Crippen LogP contribution in [0, 0.1) is 0 Å². The molecular formula is C10H17N5O2. The highest BCUT2D eigenvalue weighted by molar-refractivity contribution is 5.66. The van der Waals surface area contributed by atoms with Crippen LogP contribution in [0.4, 0.5) is 10.5 Å². The number of nitrogens with zero attached hydrogens (tertiary/aromatic N) is 3. The van der Waals surface area contributed by atoms with Gasteiger partial charge in [-0.2, -0.15) is 5.10 Å². The summed E-state index contributed by atoms with van der Waals surface area (Å²) in [6.07, 6.45) is 0.625. The Labute approximate surface area is 99.2 Å². The van der Waals surface area contributed by atoms with Crippen molar-refractivity contribution in [1.29, 1.82) is 0 Å². The van der Waals surface area contributed by atoms with E-state index in [1.54, 1.807) is 17.9 Å². The number of nitrogen functional groups attached to an aromatic ring is 1. The van der Waals surface area contributed by atoms with Crippen LogP contribution in [0.3, 0.4) is 0 Å². The molecule has 0 radical (unpaired) electrons. The number of carboxylic acid groups (broad SMARTS) is 1. The Morgan fingerprint density at radius 1 is 1.71 bits per heavy atom. The monoisotopic (exact) mass is 239 g/mol. The zero-order chi connectivity index (χ0) is 12.6. The summed E-state index contributed by atoms with van der Waals surface area (Å²) in [5.41, 5.74) is 7.14.